The van der Waals surface area contributed by atoms with Gasteiger partial charge in [-0.2, -0.15) is 0 Å². The minimum atomic E-state index is -0.791. The number of rotatable bonds is 13. The van der Waals surface area contributed by atoms with Crippen LogP contribution in [0, 0.1) is 11.8 Å². The Kier molecular flexibility index (Phi) is 11.6. The van der Waals surface area contributed by atoms with E-state index in [1.165, 1.54) is 0 Å². The SMILES string of the molecule is O=C(O)CCC/C=C\C[C@H]1[C@@H](OC2CCCCO2)CC(=O)[C@@H]1/C=C/[C@@H](OC1CCCCO1)C1OCc2ccccc2O1. The van der Waals surface area contributed by atoms with E-state index in [1.807, 2.05) is 42.5 Å². The van der Waals surface area contributed by atoms with E-state index in [9.17, 15) is 9.59 Å². The van der Waals surface area contributed by atoms with Gasteiger partial charge in [-0.3, -0.25) is 9.59 Å². The number of hydrogen-bond acceptors (Lipinski definition) is 8. The molecule has 5 rings (SSSR count). The van der Waals surface area contributed by atoms with Crippen LogP contribution in [0.1, 0.15) is 76.2 Å². The molecule has 9 heteroatoms. The molecule has 0 spiro atoms. The third kappa shape index (κ3) is 8.74. The zero-order chi connectivity index (χ0) is 29.1. The van der Waals surface area contributed by atoms with Gasteiger partial charge in [0, 0.05) is 43.5 Å². The number of carboxylic acids is 1. The summed E-state index contributed by atoms with van der Waals surface area (Å²) in [6.45, 7) is 1.74. The second kappa shape index (κ2) is 15.8. The van der Waals surface area contributed by atoms with Crippen molar-refractivity contribution in [1.82, 2.24) is 0 Å². The highest BCUT2D eigenvalue weighted by molar-refractivity contribution is 5.86. The normalized spacial score (nSPS) is 30.8. The minimum Gasteiger partial charge on any atom is -0.481 e. The van der Waals surface area contributed by atoms with Crippen molar-refractivity contribution >= 4 is 11.8 Å². The summed E-state index contributed by atoms with van der Waals surface area (Å²) in [5, 5.41) is 8.91. The van der Waals surface area contributed by atoms with E-state index in [1.54, 1.807) is 0 Å². The van der Waals surface area contributed by atoms with E-state index in [2.05, 4.69) is 6.08 Å². The van der Waals surface area contributed by atoms with Gasteiger partial charge in [0.15, 0.2) is 12.6 Å². The highest BCUT2D eigenvalue weighted by Crippen LogP contribution is 2.38. The topological polar surface area (TPSA) is 110 Å². The number of benzene rings is 1. The van der Waals surface area contributed by atoms with Crippen molar-refractivity contribution in [3.8, 4) is 5.75 Å². The van der Waals surface area contributed by atoms with Gasteiger partial charge in [0.1, 0.15) is 17.6 Å². The first-order valence-corrected chi connectivity index (χ1v) is 15.5. The molecule has 1 aromatic rings. The van der Waals surface area contributed by atoms with Crippen molar-refractivity contribution in [1.29, 1.82) is 0 Å². The monoisotopic (exact) mass is 584 g/mol. The third-order valence-corrected chi connectivity index (χ3v) is 8.36. The fraction of sp³-hybridized carbons (Fsp3) is 0.636. The molecule has 230 valence electrons. The van der Waals surface area contributed by atoms with Crippen molar-refractivity contribution in [2.24, 2.45) is 11.8 Å². The van der Waals surface area contributed by atoms with Crippen molar-refractivity contribution < 1.29 is 43.1 Å². The average Bonchev–Trinajstić information content (AvgIpc) is 3.30. The molecule has 3 heterocycles. The molecule has 42 heavy (non-hydrogen) atoms. The van der Waals surface area contributed by atoms with Gasteiger partial charge < -0.3 is 33.5 Å². The second-order valence-electron chi connectivity index (χ2n) is 11.5. The van der Waals surface area contributed by atoms with Crippen LogP contribution < -0.4 is 4.74 Å². The molecule has 1 N–H and O–H groups in total. The van der Waals surface area contributed by atoms with E-state index in [0.717, 1.165) is 49.8 Å². The number of ketones is 1. The van der Waals surface area contributed by atoms with Gasteiger partial charge >= 0.3 is 5.97 Å². The van der Waals surface area contributed by atoms with Crippen LogP contribution in [-0.4, -0.2) is 61.2 Å². The molecule has 1 aromatic carbocycles. The first-order valence-electron chi connectivity index (χ1n) is 15.5. The molecule has 0 bridgehead atoms. The maximum absolute atomic E-state index is 13.4. The Labute approximate surface area is 248 Å². The van der Waals surface area contributed by atoms with Crippen LogP contribution in [0.2, 0.25) is 0 Å². The Morgan fingerprint density at radius 3 is 2.57 bits per heavy atom. The number of para-hydroxylation sites is 1. The summed E-state index contributed by atoms with van der Waals surface area (Å²) < 4.78 is 36.8. The van der Waals surface area contributed by atoms with Crippen LogP contribution in [0.25, 0.3) is 0 Å². The van der Waals surface area contributed by atoms with Crippen LogP contribution >= 0.6 is 0 Å². The largest absolute Gasteiger partial charge is 0.481 e. The number of carboxylic acid groups (broad SMARTS) is 1. The van der Waals surface area contributed by atoms with E-state index in [-0.39, 0.29) is 42.7 Å². The molecule has 1 aliphatic carbocycles. The smallest absolute Gasteiger partial charge is 0.303 e. The van der Waals surface area contributed by atoms with Crippen LogP contribution in [0.15, 0.2) is 48.6 Å². The number of carbonyl (C=O) groups is 2. The van der Waals surface area contributed by atoms with E-state index in [4.69, 9.17) is 33.5 Å². The lowest BCUT2D eigenvalue weighted by atomic mass is 9.90. The zero-order valence-corrected chi connectivity index (χ0v) is 24.3. The molecule has 1 saturated carbocycles. The van der Waals surface area contributed by atoms with Crippen LogP contribution in [0.5, 0.6) is 5.75 Å². The fourth-order valence-corrected chi connectivity index (χ4v) is 6.06. The zero-order valence-electron chi connectivity index (χ0n) is 24.3. The summed E-state index contributed by atoms with van der Waals surface area (Å²) in [6.07, 6.45) is 13.9. The molecule has 9 nitrogen and oxygen atoms in total. The van der Waals surface area contributed by atoms with E-state index in [0.29, 0.717) is 45.5 Å². The lowest BCUT2D eigenvalue weighted by Crippen LogP contribution is -2.41. The predicted octanol–water partition coefficient (Wildman–Crippen LogP) is 5.71. The van der Waals surface area contributed by atoms with Gasteiger partial charge in [0.05, 0.1) is 12.7 Å². The van der Waals surface area contributed by atoms with E-state index >= 15 is 0 Å². The molecule has 3 fully saturated rings. The number of fused-ring (bicyclic) bond motifs is 1. The Bertz CT molecular complexity index is 1070. The quantitative estimate of drug-likeness (QED) is 0.230. The van der Waals surface area contributed by atoms with Gasteiger partial charge in [-0.25, -0.2) is 0 Å². The van der Waals surface area contributed by atoms with Gasteiger partial charge in [-0.1, -0.05) is 42.5 Å². The van der Waals surface area contributed by atoms with Crippen LogP contribution in [0.3, 0.4) is 0 Å². The first-order chi connectivity index (χ1) is 20.6. The molecule has 3 aliphatic heterocycles. The number of allylic oxidation sites excluding steroid dienone is 3. The number of unbranched alkanes of at least 4 members (excludes halogenated alkanes) is 1. The van der Waals surface area contributed by atoms with Gasteiger partial charge in [0.25, 0.3) is 0 Å². The summed E-state index contributed by atoms with van der Waals surface area (Å²) >= 11 is 0. The molecule has 3 unspecified atom stereocenters. The minimum absolute atomic E-state index is 0.0736. The van der Waals surface area contributed by atoms with Crippen molar-refractivity contribution in [2.45, 2.75) is 108 Å². The lowest BCUT2D eigenvalue weighted by Gasteiger charge is -2.34. The van der Waals surface area contributed by atoms with Crippen molar-refractivity contribution in [3.63, 3.8) is 0 Å². The second-order valence-corrected chi connectivity index (χ2v) is 11.5. The van der Waals surface area contributed by atoms with Gasteiger partial charge in [-0.15, -0.1) is 0 Å². The molecule has 0 radical (unpaired) electrons. The Morgan fingerprint density at radius 2 is 1.81 bits per heavy atom. The number of carbonyl (C=O) groups excluding carboxylic acids is 1. The number of Topliss-reactive ketones (excluding diaryl/α,β-unsaturated/α-hetero) is 1. The van der Waals surface area contributed by atoms with Crippen LogP contribution in [0.4, 0.5) is 0 Å². The predicted molar refractivity (Wildman–Crippen MR) is 154 cm³/mol. The highest BCUT2D eigenvalue weighted by atomic mass is 16.7. The molecule has 7 atom stereocenters. The Balaban J connectivity index is 1.30. The summed E-state index contributed by atoms with van der Waals surface area (Å²) in [5.41, 5.74) is 0.983. The molecule has 0 aromatic heterocycles. The molecular formula is C33H44O9. The van der Waals surface area contributed by atoms with Crippen molar-refractivity contribution in [2.75, 3.05) is 13.2 Å². The summed E-state index contributed by atoms with van der Waals surface area (Å²) in [7, 11) is 0. The Hall–Kier alpha value is -2.56. The maximum Gasteiger partial charge on any atom is 0.303 e. The molecule has 2 saturated heterocycles. The number of hydrogen-bond donors (Lipinski definition) is 1. The van der Waals surface area contributed by atoms with Crippen LogP contribution in [-0.2, 0) is 39.9 Å². The summed E-state index contributed by atoms with van der Waals surface area (Å²) in [4.78, 5) is 24.2. The van der Waals surface area contributed by atoms with Gasteiger partial charge in [0.2, 0.25) is 6.29 Å². The van der Waals surface area contributed by atoms with E-state index < -0.39 is 18.4 Å². The Morgan fingerprint density at radius 1 is 1.02 bits per heavy atom. The summed E-state index contributed by atoms with van der Waals surface area (Å²) in [5.74, 6) is -0.336. The summed E-state index contributed by atoms with van der Waals surface area (Å²) in [6, 6.07) is 7.80. The molecular weight excluding hydrogens is 540 g/mol. The highest BCUT2D eigenvalue weighted by Gasteiger charge is 2.43. The number of aliphatic carboxylic acids is 1. The standard InChI is InChI=1S/C33H44O9/c34-26-21-29(41-32-16-8-10-20-38-32)25(12-3-1-2-4-14-30(35)36)24(26)17-18-28(40-31-15-7-9-19-37-31)33-39-22-23-11-5-6-13-27(23)42-33/h1,3,5-6,11,13,17-18,24-25,28-29,31-33H,2,4,7-10,12,14-16,19-22H2,(H,35,36)/b3-1-,18-17+/t24-,25-,28-,29+,31?,32?,33?/m1/s1. The molecule has 4 aliphatic rings. The average molecular weight is 585 g/mol. The maximum atomic E-state index is 13.4. The first kappa shape index (κ1) is 30.9. The number of ether oxygens (including phenoxy) is 6. The third-order valence-electron chi connectivity index (χ3n) is 8.36. The lowest BCUT2D eigenvalue weighted by molar-refractivity contribution is -0.236. The van der Waals surface area contributed by atoms with Crippen molar-refractivity contribution in [3.05, 3.63) is 54.1 Å². The fourth-order valence-electron chi connectivity index (χ4n) is 6.06. The molecule has 0 amide bonds. The van der Waals surface area contributed by atoms with Gasteiger partial charge in [-0.05, 0) is 63.9 Å².